The molecule has 0 saturated heterocycles. The van der Waals surface area contributed by atoms with Gasteiger partial charge in [-0.15, -0.1) is 0 Å². The number of furan rings is 1. The standard InChI is InChI=1S/C40H25N3O/c1-2-13-26(14-3-1)33-25-34(42-40(41-33)32-20-12-19-30-29-17-7-11-24-38(29)44-39(30)32)31-18-6-10-23-37(31)43-35-21-8-4-15-27(35)28-16-5-9-22-36(28)43/h1-25H. The average molecular weight is 564 g/mol. The van der Waals surface area contributed by atoms with Crippen molar-refractivity contribution in [3.05, 3.63) is 152 Å². The summed E-state index contributed by atoms with van der Waals surface area (Å²) < 4.78 is 8.78. The smallest absolute Gasteiger partial charge is 0.164 e. The monoisotopic (exact) mass is 563 g/mol. The van der Waals surface area contributed by atoms with Gasteiger partial charge in [-0.25, -0.2) is 9.97 Å². The molecule has 0 amide bonds. The number of fused-ring (bicyclic) bond motifs is 6. The summed E-state index contributed by atoms with van der Waals surface area (Å²) in [5.41, 5.74) is 9.65. The number of aromatic nitrogens is 3. The van der Waals surface area contributed by atoms with Gasteiger partial charge in [0.05, 0.1) is 33.7 Å². The van der Waals surface area contributed by atoms with Crippen LogP contribution in [0.2, 0.25) is 0 Å². The SMILES string of the molecule is c1ccc(-c2cc(-c3ccccc3-n3c4ccccc4c4ccccc43)nc(-c3cccc4c3oc3ccccc34)n2)cc1. The molecule has 3 heterocycles. The number of benzene rings is 6. The molecule has 9 rings (SSSR count). The molecule has 0 spiro atoms. The molecule has 0 aliphatic carbocycles. The number of hydrogen-bond donors (Lipinski definition) is 0. The van der Waals surface area contributed by atoms with Gasteiger partial charge >= 0.3 is 0 Å². The third-order valence-corrected chi connectivity index (χ3v) is 8.44. The molecular weight excluding hydrogens is 538 g/mol. The van der Waals surface area contributed by atoms with Crippen molar-refractivity contribution in [2.75, 3.05) is 0 Å². The highest BCUT2D eigenvalue weighted by Crippen LogP contribution is 2.39. The molecule has 206 valence electrons. The third-order valence-electron chi connectivity index (χ3n) is 8.44. The van der Waals surface area contributed by atoms with E-state index in [0.29, 0.717) is 5.82 Å². The summed E-state index contributed by atoms with van der Waals surface area (Å²) in [6, 6.07) is 52.5. The summed E-state index contributed by atoms with van der Waals surface area (Å²) in [6.07, 6.45) is 0. The van der Waals surface area contributed by atoms with E-state index in [9.17, 15) is 0 Å². The molecule has 44 heavy (non-hydrogen) atoms. The number of nitrogens with zero attached hydrogens (tertiary/aromatic N) is 3. The van der Waals surface area contributed by atoms with Gasteiger partial charge in [-0.3, -0.25) is 0 Å². The maximum absolute atomic E-state index is 6.42. The minimum absolute atomic E-state index is 0.628. The van der Waals surface area contributed by atoms with E-state index in [0.717, 1.165) is 66.7 Å². The number of para-hydroxylation sites is 5. The van der Waals surface area contributed by atoms with Gasteiger partial charge in [0.2, 0.25) is 0 Å². The Hall–Kier alpha value is -6.00. The molecule has 6 aromatic carbocycles. The predicted octanol–water partition coefficient (Wildman–Crippen LogP) is 10.5. The molecule has 0 saturated carbocycles. The molecule has 0 N–H and O–H groups in total. The van der Waals surface area contributed by atoms with Crippen molar-refractivity contribution < 1.29 is 4.42 Å². The van der Waals surface area contributed by atoms with Crippen LogP contribution < -0.4 is 0 Å². The van der Waals surface area contributed by atoms with Crippen LogP contribution in [0, 0.1) is 0 Å². The summed E-state index contributed by atoms with van der Waals surface area (Å²) in [5.74, 6) is 0.628. The van der Waals surface area contributed by atoms with Crippen LogP contribution in [0.3, 0.4) is 0 Å². The minimum atomic E-state index is 0.628. The molecule has 0 unspecified atom stereocenters. The lowest BCUT2D eigenvalue weighted by Gasteiger charge is -2.15. The van der Waals surface area contributed by atoms with E-state index >= 15 is 0 Å². The first-order valence-corrected chi connectivity index (χ1v) is 14.8. The van der Waals surface area contributed by atoms with Crippen molar-refractivity contribution in [3.63, 3.8) is 0 Å². The van der Waals surface area contributed by atoms with E-state index in [-0.39, 0.29) is 0 Å². The lowest BCUT2D eigenvalue weighted by molar-refractivity contribution is 0.669. The molecular formula is C40H25N3O. The zero-order chi connectivity index (χ0) is 29.0. The van der Waals surface area contributed by atoms with Crippen LogP contribution in [-0.4, -0.2) is 14.5 Å². The molecule has 0 radical (unpaired) electrons. The lowest BCUT2D eigenvalue weighted by atomic mass is 10.0. The summed E-state index contributed by atoms with van der Waals surface area (Å²) >= 11 is 0. The second-order valence-electron chi connectivity index (χ2n) is 11.0. The quantitative estimate of drug-likeness (QED) is 0.214. The Bertz CT molecular complexity index is 2450. The van der Waals surface area contributed by atoms with Crippen molar-refractivity contribution in [3.8, 4) is 39.6 Å². The van der Waals surface area contributed by atoms with Gasteiger partial charge in [0.15, 0.2) is 5.82 Å². The summed E-state index contributed by atoms with van der Waals surface area (Å²) in [6.45, 7) is 0. The highest BCUT2D eigenvalue weighted by molar-refractivity contribution is 6.10. The predicted molar refractivity (Wildman–Crippen MR) is 180 cm³/mol. The summed E-state index contributed by atoms with van der Waals surface area (Å²) in [5, 5.41) is 4.59. The van der Waals surface area contributed by atoms with Crippen LogP contribution in [0.4, 0.5) is 0 Å². The second kappa shape index (κ2) is 9.79. The molecule has 9 aromatic rings. The molecule has 0 fully saturated rings. The number of rotatable bonds is 4. The Morgan fingerprint density at radius 1 is 0.455 bits per heavy atom. The van der Waals surface area contributed by atoms with Crippen LogP contribution in [0.5, 0.6) is 0 Å². The fraction of sp³-hybridized carbons (Fsp3) is 0. The highest BCUT2D eigenvalue weighted by Gasteiger charge is 2.19. The van der Waals surface area contributed by atoms with E-state index < -0.39 is 0 Å². The first-order chi connectivity index (χ1) is 21.8. The van der Waals surface area contributed by atoms with Crippen molar-refractivity contribution in [2.45, 2.75) is 0 Å². The fourth-order valence-electron chi connectivity index (χ4n) is 6.45. The molecule has 4 nitrogen and oxygen atoms in total. The molecule has 0 bridgehead atoms. The molecule has 0 aliphatic heterocycles. The Morgan fingerprint density at radius 2 is 1.05 bits per heavy atom. The van der Waals surface area contributed by atoms with Gasteiger partial charge in [0, 0.05) is 32.7 Å². The van der Waals surface area contributed by atoms with Crippen LogP contribution >= 0.6 is 0 Å². The van der Waals surface area contributed by atoms with Gasteiger partial charge in [-0.05, 0) is 36.4 Å². The fourth-order valence-corrected chi connectivity index (χ4v) is 6.45. The maximum Gasteiger partial charge on any atom is 0.164 e. The summed E-state index contributed by atoms with van der Waals surface area (Å²) in [7, 11) is 0. The van der Waals surface area contributed by atoms with E-state index in [1.807, 2.05) is 36.4 Å². The Balaban J connectivity index is 1.33. The van der Waals surface area contributed by atoms with Gasteiger partial charge in [0.1, 0.15) is 11.2 Å². The van der Waals surface area contributed by atoms with Crippen LogP contribution in [0.15, 0.2) is 156 Å². The summed E-state index contributed by atoms with van der Waals surface area (Å²) in [4.78, 5) is 10.4. The van der Waals surface area contributed by atoms with Gasteiger partial charge < -0.3 is 8.98 Å². The Morgan fingerprint density at radius 3 is 1.84 bits per heavy atom. The van der Waals surface area contributed by atoms with E-state index in [1.165, 1.54) is 10.8 Å². The van der Waals surface area contributed by atoms with Crippen LogP contribution in [0.1, 0.15) is 0 Å². The minimum Gasteiger partial charge on any atom is -0.455 e. The van der Waals surface area contributed by atoms with E-state index in [1.54, 1.807) is 0 Å². The average Bonchev–Trinajstić information content (AvgIpc) is 3.64. The van der Waals surface area contributed by atoms with E-state index in [2.05, 4.69) is 120 Å². The molecule has 0 aliphatic rings. The zero-order valence-corrected chi connectivity index (χ0v) is 23.7. The van der Waals surface area contributed by atoms with Crippen molar-refractivity contribution >= 4 is 43.7 Å². The topological polar surface area (TPSA) is 43.9 Å². The van der Waals surface area contributed by atoms with Gasteiger partial charge in [-0.2, -0.15) is 0 Å². The first kappa shape index (κ1) is 24.6. The largest absolute Gasteiger partial charge is 0.455 e. The second-order valence-corrected chi connectivity index (χ2v) is 11.0. The Kier molecular flexibility index (Phi) is 5.47. The maximum atomic E-state index is 6.42. The van der Waals surface area contributed by atoms with E-state index in [4.69, 9.17) is 14.4 Å². The normalized spacial score (nSPS) is 11.6. The van der Waals surface area contributed by atoms with Crippen LogP contribution in [0.25, 0.3) is 83.3 Å². The highest BCUT2D eigenvalue weighted by atomic mass is 16.3. The molecule has 0 atom stereocenters. The first-order valence-electron chi connectivity index (χ1n) is 14.8. The zero-order valence-electron chi connectivity index (χ0n) is 23.7. The van der Waals surface area contributed by atoms with Gasteiger partial charge in [0.25, 0.3) is 0 Å². The van der Waals surface area contributed by atoms with Crippen molar-refractivity contribution in [2.24, 2.45) is 0 Å². The van der Waals surface area contributed by atoms with Crippen molar-refractivity contribution in [1.29, 1.82) is 0 Å². The lowest BCUT2D eigenvalue weighted by Crippen LogP contribution is -2.00. The molecule has 4 heteroatoms. The number of hydrogen-bond acceptors (Lipinski definition) is 3. The van der Waals surface area contributed by atoms with Crippen molar-refractivity contribution in [1.82, 2.24) is 14.5 Å². The molecule has 3 aromatic heterocycles. The van der Waals surface area contributed by atoms with Crippen LogP contribution in [-0.2, 0) is 0 Å². The Labute approximate surface area is 253 Å². The van der Waals surface area contributed by atoms with Gasteiger partial charge in [-0.1, -0.05) is 115 Å². The third kappa shape index (κ3) is 3.78.